The van der Waals surface area contributed by atoms with E-state index in [-0.39, 0.29) is 0 Å². The predicted octanol–water partition coefficient (Wildman–Crippen LogP) is 3.01. The standard InChI is InChI=1S/C17H14N2O/c20-18-16(14-7-2-1-3-8-14)13-19-12-6-10-15-9-4-5-11-17(15)19/h1-12H,13H2/p+1. The smallest absolute Gasteiger partial charge is 0.212 e. The van der Waals surface area contributed by atoms with Crippen LogP contribution in [-0.2, 0) is 6.54 Å². The van der Waals surface area contributed by atoms with Crippen molar-refractivity contribution in [1.82, 2.24) is 0 Å². The van der Waals surface area contributed by atoms with Crippen LogP contribution in [0.5, 0.6) is 0 Å². The second-order valence-corrected chi connectivity index (χ2v) is 4.61. The van der Waals surface area contributed by atoms with E-state index in [0.29, 0.717) is 12.3 Å². The van der Waals surface area contributed by atoms with E-state index in [1.165, 1.54) is 5.39 Å². The quantitative estimate of drug-likeness (QED) is 0.335. The van der Waals surface area contributed by atoms with E-state index in [1.807, 2.05) is 54.7 Å². The highest BCUT2D eigenvalue weighted by Gasteiger charge is 2.13. The summed E-state index contributed by atoms with van der Waals surface area (Å²) in [4.78, 5) is 0. The van der Waals surface area contributed by atoms with Crippen LogP contribution >= 0.6 is 0 Å². The van der Waals surface area contributed by atoms with Crippen LogP contribution in [-0.4, -0.2) is 10.9 Å². The second kappa shape index (κ2) is 5.53. The van der Waals surface area contributed by atoms with E-state index in [4.69, 9.17) is 0 Å². The number of hydrogen-bond acceptors (Lipinski definition) is 2. The van der Waals surface area contributed by atoms with Gasteiger partial charge < -0.3 is 5.21 Å². The molecule has 0 fully saturated rings. The molecule has 20 heavy (non-hydrogen) atoms. The number of benzene rings is 2. The second-order valence-electron chi connectivity index (χ2n) is 4.61. The monoisotopic (exact) mass is 263 g/mol. The van der Waals surface area contributed by atoms with Crippen molar-refractivity contribution in [3.05, 3.63) is 78.5 Å². The van der Waals surface area contributed by atoms with Crippen LogP contribution in [0.15, 0.2) is 78.1 Å². The number of nitrogens with zero attached hydrogens (tertiary/aromatic N) is 2. The highest BCUT2D eigenvalue weighted by Crippen LogP contribution is 2.09. The normalized spacial score (nSPS) is 11.7. The summed E-state index contributed by atoms with van der Waals surface area (Å²) in [6, 6.07) is 22.0. The molecule has 0 saturated heterocycles. The van der Waals surface area contributed by atoms with Gasteiger partial charge in [-0.1, -0.05) is 47.6 Å². The molecule has 0 bridgehead atoms. The first-order valence-electron chi connectivity index (χ1n) is 6.52. The third-order valence-corrected chi connectivity index (χ3v) is 3.34. The molecular weight excluding hydrogens is 248 g/mol. The SMILES string of the molecule is ON=C(C[n+]1cccc2ccccc21)c1ccccc1. The lowest BCUT2D eigenvalue weighted by Gasteiger charge is -2.03. The molecule has 2 aromatic carbocycles. The molecule has 3 aromatic rings. The van der Waals surface area contributed by atoms with Crippen molar-refractivity contribution in [2.75, 3.05) is 0 Å². The molecule has 0 atom stereocenters. The summed E-state index contributed by atoms with van der Waals surface area (Å²) in [6.07, 6.45) is 2.00. The minimum atomic E-state index is 0.530. The van der Waals surface area contributed by atoms with E-state index in [2.05, 4.69) is 27.9 Å². The fourth-order valence-corrected chi connectivity index (χ4v) is 2.33. The van der Waals surface area contributed by atoms with Crippen molar-refractivity contribution in [1.29, 1.82) is 0 Å². The van der Waals surface area contributed by atoms with Crippen LogP contribution in [0, 0.1) is 0 Å². The molecule has 0 aliphatic carbocycles. The number of hydrogen-bond donors (Lipinski definition) is 1. The Bertz CT molecular complexity index is 746. The maximum atomic E-state index is 9.29. The Morgan fingerprint density at radius 1 is 0.900 bits per heavy atom. The van der Waals surface area contributed by atoms with Crippen molar-refractivity contribution in [2.24, 2.45) is 5.16 Å². The molecule has 3 heteroatoms. The molecule has 3 nitrogen and oxygen atoms in total. The van der Waals surface area contributed by atoms with Crippen LogP contribution in [0.3, 0.4) is 0 Å². The van der Waals surface area contributed by atoms with Crippen LogP contribution in [0.1, 0.15) is 5.56 Å². The molecule has 3 rings (SSSR count). The summed E-state index contributed by atoms with van der Waals surface area (Å²) < 4.78 is 2.08. The minimum Gasteiger partial charge on any atom is -0.410 e. The highest BCUT2D eigenvalue weighted by atomic mass is 16.4. The van der Waals surface area contributed by atoms with Crippen LogP contribution in [0.2, 0.25) is 0 Å². The van der Waals surface area contributed by atoms with Crippen LogP contribution in [0.25, 0.3) is 10.9 Å². The van der Waals surface area contributed by atoms with Gasteiger partial charge in [-0.15, -0.1) is 0 Å². The average molecular weight is 263 g/mol. The minimum absolute atomic E-state index is 0.530. The van der Waals surface area contributed by atoms with E-state index < -0.39 is 0 Å². The molecular formula is C17H15N2O+. The molecule has 98 valence electrons. The van der Waals surface area contributed by atoms with Crippen molar-refractivity contribution < 1.29 is 9.77 Å². The van der Waals surface area contributed by atoms with E-state index in [1.54, 1.807) is 0 Å². The third kappa shape index (κ3) is 2.38. The first-order chi connectivity index (χ1) is 9.88. The van der Waals surface area contributed by atoms with E-state index >= 15 is 0 Å². The van der Waals surface area contributed by atoms with Crippen molar-refractivity contribution in [3.8, 4) is 0 Å². The lowest BCUT2D eigenvalue weighted by Crippen LogP contribution is -2.38. The van der Waals surface area contributed by atoms with E-state index in [0.717, 1.165) is 11.1 Å². The van der Waals surface area contributed by atoms with E-state index in [9.17, 15) is 5.21 Å². The fourth-order valence-electron chi connectivity index (χ4n) is 2.33. The summed E-state index contributed by atoms with van der Waals surface area (Å²) in [5.74, 6) is 0. The van der Waals surface area contributed by atoms with Gasteiger partial charge in [0, 0.05) is 23.1 Å². The Morgan fingerprint density at radius 2 is 1.60 bits per heavy atom. The third-order valence-electron chi connectivity index (χ3n) is 3.34. The average Bonchev–Trinajstić information content (AvgIpc) is 2.53. The lowest BCUT2D eigenvalue weighted by atomic mass is 10.1. The Labute approximate surface area is 117 Å². The highest BCUT2D eigenvalue weighted by molar-refractivity contribution is 5.99. The largest absolute Gasteiger partial charge is 0.410 e. The molecule has 0 unspecified atom stereocenters. The van der Waals surface area contributed by atoms with Crippen molar-refractivity contribution >= 4 is 16.6 Å². The number of oxime groups is 1. The zero-order valence-corrected chi connectivity index (χ0v) is 11.0. The molecule has 1 heterocycles. The number of para-hydroxylation sites is 1. The van der Waals surface area contributed by atoms with Gasteiger partial charge in [0.15, 0.2) is 18.5 Å². The van der Waals surface area contributed by atoms with Gasteiger partial charge in [0.2, 0.25) is 5.52 Å². The summed E-state index contributed by atoms with van der Waals surface area (Å²) in [7, 11) is 0. The summed E-state index contributed by atoms with van der Waals surface area (Å²) >= 11 is 0. The van der Waals surface area contributed by atoms with Gasteiger partial charge >= 0.3 is 0 Å². The Kier molecular flexibility index (Phi) is 3.42. The number of pyridine rings is 1. The first-order valence-corrected chi connectivity index (χ1v) is 6.52. The van der Waals surface area contributed by atoms with Gasteiger partial charge in [0.05, 0.1) is 0 Å². The molecule has 1 aromatic heterocycles. The summed E-state index contributed by atoms with van der Waals surface area (Å²) in [6.45, 7) is 0.530. The van der Waals surface area contributed by atoms with Gasteiger partial charge in [-0.05, 0) is 12.1 Å². The van der Waals surface area contributed by atoms with Gasteiger partial charge in [0.1, 0.15) is 0 Å². The van der Waals surface area contributed by atoms with Crippen molar-refractivity contribution in [3.63, 3.8) is 0 Å². The summed E-state index contributed by atoms with van der Waals surface area (Å²) in [5.41, 5.74) is 2.69. The first kappa shape index (κ1) is 12.4. The van der Waals surface area contributed by atoms with Gasteiger partial charge in [0.25, 0.3) is 0 Å². The lowest BCUT2D eigenvalue weighted by molar-refractivity contribution is -0.655. The van der Waals surface area contributed by atoms with Crippen molar-refractivity contribution in [2.45, 2.75) is 6.54 Å². The number of fused-ring (bicyclic) bond motifs is 1. The zero-order chi connectivity index (χ0) is 13.8. The predicted molar refractivity (Wildman–Crippen MR) is 78.9 cm³/mol. The Morgan fingerprint density at radius 3 is 2.40 bits per heavy atom. The number of rotatable bonds is 3. The molecule has 0 radical (unpaired) electrons. The summed E-state index contributed by atoms with van der Waals surface area (Å²) in [5, 5.41) is 13.9. The maximum absolute atomic E-state index is 9.29. The maximum Gasteiger partial charge on any atom is 0.212 e. The molecule has 1 N–H and O–H groups in total. The van der Waals surface area contributed by atoms with Gasteiger partial charge in [-0.2, -0.15) is 4.57 Å². The van der Waals surface area contributed by atoms with Gasteiger partial charge in [-0.3, -0.25) is 0 Å². The van der Waals surface area contributed by atoms with Crippen LogP contribution in [0.4, 0.5) is 0 Å². The molecule has 0 aliphatic rings. The zero-order valence-electron chi connectivity index (χ0n) is 11.0. The molecule has 0 aliphatic heterocycles. The van der Waals surface area contributed by atoms with Gasteiger partial charge in [-0.25, -0.2) is 0 Å². The topological polar surface area (TPSA) is 36.5 Å². The Hall–Kier alpha value is -2.68. The van der Waals surface area contributed by atoms with Crippen LogP contribution < -0.4 is 4.57 Å². The fraction of sp³-hybridized carbons (Fsp3) is 0.0588. The Balaban J connectivity index is 2.01. The number of aromatic nitrogens is 1. The molecule has 0 spiro atoms. The molecule has 0 saturated carbocycles. The molecule has 0 amide bonds.